The maximum Gasteiger partial charge on any atom is 0.437 e. The molecule has 4 rings (SSSR count). The molecule has 0 aliphatic heterocycles. The molecule has 0 radical (unpaired) electrons. The zero-order valence-electron chi connectivity index (χ0n) is 17.6. The Morgan fingerprint density at radius 2 is 1.68 bits per heavy atom. The first-order chi connectivity index (χ1) is 16.3. The summed E-state index contributed by atoms with van der Waals surface area (Å²) >= 11 is 5.82. The van der Waals surface area contributed by atoms with Gasteiger partial charge in [-0.2, -0.15) is 18.3 Å². The molecule has 0 fully saturated rings. The number of nitrogens with one attached hydrogen (secondary N) is 1. The van der Waals surface area contributed by atoms with Gasteiger partial charge in [-0.3, -0.25) is 5.32 Å². The van der Waals surface area contributed by atoms with Crippen LogP contribution < -0.4 is 14.8 Å². The highest BCUT2D eigenvalue weighted by molar-refractivity contribution is 6.30. The van der Waals surface area contributed by atoms with Crippen LogP contribution in [0.15, 0.2) is 79.0 Å². The Bertz CT molecular complexity index is 1310. The summed E-state index contributed by atoms with van der Waals surface area (Å²) < 4.78 is 52.4. The second-order valence-electron chi connectivity index (χ2n) is 7.04. The second kappa shape index (κ2) is 9.48. The smallest absolute Gasteiger partial charge is 0.437 e. The maximum atomic E-state index is 13.8. The second-order valence-corrected chi connectivity index (χ2v) is 7.48. The Balaban J connectivity index is 1.62. The van der Waals surface area contributed by atoms with E-state index in [4.69, 9.17) is 21.1 Å². The van der Waals surface area contributed by atoms with E-state index in [-0.39, 0.29) is 11.4 Å². The predicted octanol–water partition coefficient (Wildman–Crippen LogP) is 6.83. The Morgan fingerprint density at radius 1 is 0.971 bits per heavy atom. The molecule has 1 N–H and O–H groups in total. The van der Waals surface area contributed by atoms with Gasteiger partial charge in [0.1, 0.15) is 5.75 Å². The molecule has 0 saturated heterocycles. The topological polar surface area (TPSA) is 65.4 Å². The van der Waals surface area contributed by atoms with E-state index < -0.39 is 23.7 Å². The lowest BCUT2D eigenvalue weighted by Crippen LogP contribution is -2.20. The van der Waals surface area contributed by atoms with Crippen molar-refractivity contribution in [1.29, 1.82) is 0 Å². The van der Waals surface area contributed by atoms with Gasteiger partial charge in [0.05, 0.1) is 24.7 Å². The summed E-state index contributed by atoms with van der Waals surface area (Å²) in [6.07, 6.45) is -5.16. The third kappa shape index (κ3) is 4.99. The van der Waals surface area contributed by atoms with Crippen molar-refractivity contribution < 1.29 is 27.4 Å². The number of benzene rings is 3. The first-order valence-corrected chi connectivity index (χ1v) is 10.3. The highest BCUT2D eigenvalue weighted by Gasteiger charge is 2.40. The minimum absolute atomic E-state index is 0.101. The van der Waals surface area contributed by atoms with E-state index in [0.29, 0.717) is 15.5 Å². The molecule has 34 heavy (non-hydrogen) atoms. The van der Waals surface area contributed by atoms with Crippen LogP contribution in [0.3, 0.4) is 0 Å². The average Bonchev–Trinajstić information content (AvgIpc) is 3.24. The zero-order chi connectivity index (χ0) is 24.3. The molecule has 174 valence electrons. The Labute approximate surface area is 197 Å². The first-order valence-electron chi connectivity index (χ1n) is 9.89. The van der Waals surface area contributed by atoms with Crippen LogP contribution in [0.25, 0.3) is 16.8 Å². The van der Waals surface area contributed by atoms with E-state index >= 15 is 0 Å². The Morgan fingerprint density at radius 3 is 2.32 bits per heavy atom. The number of hydrogen-bond donors (Lipinski definition) is 1. The van der Waals surface area contributed by atoms with Crippen LogP contribution in [0.5, 0.6) is 11.5 Å². The lowest BCUT2D eigenvalue weighted by Gasteiger charge is -2.14. The van der Waals surface area contributed by atoms with Crippen LogP contribution in [0.2, 0.25) is 5.02 Å². The van der Waals surface area contributed by atoms with Crippen LogP contribution in [0, 0.1) is 0 Å². The van der Waals surface area contributed by atoms with Gasteiger partial charge in [0.25, 0.3) is 0 Å². The summed E-state index contributed by atoms with van der Waals surface area (Å²) in [6.45, 7) is 0. The Kier molecular flexibility index (Phi) is 6.47. The summed E-state index contributed by atoms with van der Waals surface area (Å²) in [6, 6.07) is 20.0. The number of ether oxygens (including phenoxy) is 2. The monoisotopic (exact) mass is 487 g/mol. The molecule has 0 atom stereocenters. The number of anilines is 1. The van der Waals surface area contributed by atoms with E-state index in [1.807, 2.05) is 30.3 Å². The fourth-order valence-electron chi connectivity index (χ4n) is 3.30. The summed E-state index contributed by atoms with van der Waals surface area (Å²) in [4.78, 5) is 12.6. The SMILES string of the molecule is COc1ccc(-c2ccccc2)cc1NC(=O)Oc1cnn(-c2ccc(Cl)cc2)c1C(F)(F)F. The molecule has 0 aliphatic rings. The molecule has 0 aliphatic carbocycles. The van der Waals surface area contributed by atoms with Crippen molar-refractivity contribution in [2.75, 3.05) is 12.4 Å². The molecule has 0 saturated carbocycles. The maximum absolute atomic E-state index is 13.8. The molecule has 3 aromatic carbocycles. The fourth-order valence-corrected chi connectivity index (χ4v) is 3.42. The largest absolute Gasteiger partial charge is 0.495 e. The molecular weight excluding hydrogens is 471 g/mol. The van der Waals surface area contributed by atoms with E-state index in [1.54, 1.807) is 18.2 Å². The van der Waals surface area contributed by atoms with Gasteiger partial charge in [0, 0.05) is 5.02 Å². The molecule has 1 amide bonds. The van der Waals surface area contributed by atoms with Crippen LogP contribution in [-0.2, 0) is 6.18 Å². The normalized spacial score (nSPS) is 11.2. The van der Waals surface area contributed by atoms with Crippen molar-refractivity contribution in [3.05, 3.63) is 89.7 Å². The van der Waals surface area contributed by atoms with Crippen molar-refractivity contribution in [3.63, 3.8) is 0 Å². The fraction of sp³-hybridized carbons (Fsp3) is 0.0833. The highest BCUT2D eigenvalue weighted by Crippen LogP contribution is 2.38. The number of nitrogens with zero attached hydrogens (tertiary/aromatic N) is 2. The summed E-state index contributed by atoms with van der Waals surface area (Å²) in [5.74, 6) is -0.442. The third-order valence-electron chi connectivity index (χ3n) is 4.82. The van der Waals surface area contributed by atoms with Crippen molar-refractivity contribution in [2.24, 2.45) is 0 Å². The molecule has 1 aromatic heterocycles. The predicted molar refractivity (Wildman–Crippen MR) is 122 cm³/mol. The van der Waals surface area contributed by atoms with E-state index in [1.165, 1.54) is 31.4 Å². The lowest BCUT2D eigenvalue weighted by molar-refractivity contribution is -0.143. The number of methoxy groups -OCH3 is 1. The zero-order valence-corrected chi connectivity index (χ0v) is 18.4. The molecule has 0 spiro atoms. The van der Waals surface area contributed by atoms with Crippen LogP contribution in [0.1, 0.15) is 5.69 Å². The number of aromatic nitrogens is 2. The van der Waals surface area contributed by atoms with Gasteiger partial charge in [-0.05, 0) is 47.5 Å². The number of carbonyl (C=O) groups excluding carboxylic acids is 1. The van der Waals surface area contributed by atoms with Crippen LogP contribution in [-0.4, -0.2) is 23.0 Å². The molecule has 10 heteroatoms. The van der Waals surface area contributed by atoms with E-state index in [9.17, 15) is 18.0 Å². The summed E-state index contributed by atoms with van der Waals surface area (Å²) in [5.41, 5.74) is 0.736. The van der Waals surface area contributed by atoms with E-state index in [2.05, 4.69) is 10.4 Å². The average molecular weight is 488 g/mol. The number of carbonyl (C=O) groups is 1. The van der Waals surface area contributed by atoms with Gasteiger partial charge >= 0.3 is 12.3 Å². The molecule has 0 unspecified atom stereocenters. The van der Waals surface area contributed by atoms with Crippen molar-refractivity contribution >= 4 is 23.4 Å². The number of hydrogen-bond acceptors (Lipinski definition) is 4. The van der Waals surface area contributed by atoms with Gasteiger partial charge in [-0.1, -0.05) is 48.0 Å². The van der Waals surface area contributed by atoms with Gasteiger partial charge in [-0.15, -0.1) is 0 Å². The molecule has 0 bridgehead atoms. The molecule has 6 nitrogen and oxygen atoms in total. The number of halogens is 4. The molecular formula is C24H17ClF3N3O3. The molecule has 4 aromatic rings. The van der Waals surface area contributed by atoms with Crippen molar-refractivity contribution in [1.82, 2.24) is 9.78 Å². The number of rotatable bonds is 5. The van der Waals surface area contributed by atoms with Gasteiger partial charge in [-0.25, -0.2) is 9.48 Å². The van der Waals surface area contributed by atoms with Crippen LogP contribution >= 0.6 is 11.6 Å². The summed E-state index contributed by atoms with van der Waals surface area (Å²) in [7, 11) is 1.41. The van der Waals surface area contributed by atoms with Gasteiger partial charge in [0.15, 0.2) is 11.4 Å². The number of alkyl halides is 3. The van der Waals surface area contributed by atoms with E-state index in [0.717, 1.165) is 17.3 Å². The molecule has 1 heterocycles. The standard InChI is InChI=1S/C24H17ClF3N3O3/c1-33-20-12-7-16(15-5-3-2-4-6-15)13-19(20)30-23(32)34-21-14-29-31(22(21)24(26,27)28)18-10-8-17(25)9-11-18/h2-14H,1H3,(H,30,32). The minimum Gasteiger partial charge on any atom is -0.495 e. The Hall–Kier alpha value is -3.98. The first kappa shape index (κ1) is 23.2. The van der Waals surface area contributed by atoms with Crippen LogP contribution in [0.4, 0.5) is 23.7 Å². The van der Waals surface area contributed by atoms with Crippen molar-refractivity contribution in [3.8, 4) is 28.3 Å². The van der Waals surface area contributed by atoms with Gasteiger partial charge < -0.3 is 9.47 Å². The minimum atomic E-state index is -4.85. The lowest BCUT2D eigenvalue weighted by atomic mass is 10.0. The van der Waals surface area contributed by atoms with Crippen molar-refractivity contribution in [2.45, 2.75) is 6.18 Å². The number of amides is 1. The summed E-state index contributed by atoms with van der Waals surface area (Å²) in [5, 5.41) is 6.55. The highest BCUT2D eigenvalue weighted by atomic mass is 35.5. The third-order valence-corrected chi connectivity index (χ3v) is 5.07. The van der Waals surface area contributed by atoms with Gasteiger partial charge in [0.2, 0.25) is 0 Å². The quantitative estimate of drug-likeness (QED) is 0.335.